The summed E-state index contributed by atoms with van der Waals surface area (Å²) < 4.78 is 4.79. The monoisotopic (exact) mass is 215 g/mol. The topological polar surface area (TPSA) is 30.7 Å². The maximum Gasteiger partial charge on any atom is 0.336 e. The third-order valence-electron chi connectivity index (χ3n) is 2.09. The minimum Gasteiger partial charge on any atom is -0.471 e. The van der Waals surface area contributed by atoms with Crippen LogP contribution in [0.25, 0.3) is 10.9 Å². The second kappa shape index (κ2) is 5.72. The largest absolute Gasteiger partial charge is 0.471 e. The molecule has 0 aliphatic heterocycles. The number of carbonyl (C=O) groups excluding carboxylic acids is 1. The van der Waals surface area contributed by atoms with E-state index in [1.807, 2.05) is 31.2 Å². The SMILES string of the molecule is [C-]#[N+]/C(=C\c1ccccc1C)C(=O)OCC. The summed E-state index contributed by atoms with van der Waals surface area (Å²) in [5, 5.41) is 0. The van der Waals surface area contributed by atoms with Crippen LogP contribution in [0, 0.1) is 13.5 Å². The minimum absolute atomic E-state index is 0.0103. The van der Waals surface area contributed by atoms with Gasteiger partial charge in [0, 0.05) is 0 Å². The summed E-state index contributed by atoms with van der Waals surface area (Å²) in [4.78, 5) is 14.6. The zero-order valence-electron chi connectivity index (χ0n) is 9.36. The Labute approximate surface area is 95.2 Å². The van der Waals surface area contributed by atoms with Crippen molar-refractivity contribution >= 4 is 12.0 Å². The number of esters is 1. The van der Waals surface area contributed by atoms with Crippen LogP contribution >= 0.6 is 0 Å². The first-order chi connectivity index (χ1) is 7.69. The molecule has 3 heteroatoms. The molecule has 0 radical (unpaired) electrons. The van der Waals surface area contributed by atoms with E-state index in [1.54, 1.807) is 13.0 Å². The third-order valence-corrected chi connectivity index (χ3v) is 2.09. The predicted octanol–water partition coefficient (Wildman–Crippen LogP) is 2.82. The smallest absolute Gasteiger partial charge is 0.336 e. The van der Waals surface area contributed by atoms with E-state index in [2.05, 4.69) is 4.85 Å². The highest BCUT2D eigenvalue weighted by Crippen LogP contribution is 2.13. The number of benzene rings is 1. The van der Waals surface area contributed by atoms with Crippen LogP contribution < -0.4 is 0 Å². The molecule has 0 aliphatic rings. The second-order valence-corrected chi connectivity index (χ2v) is 3.22. The average Bonchev–Trinajstić information content (AvgIpc) is 2.28. The molecule has 16 heavy (non-hydrogen) atoms. The maximum atomic E-state index is 11.4. The predicted molar refractivity (Wildman–Crippen MR) is 62.4 cm³/mol. The Morgan fingerprint density at radius 1 is 1.50 bits per heavy atom. The first-order valence-electron chi connectivity index (χ1n) is 5.01. The van der Waals surface area contributed by atoms with Crippen LogP contribution in [0.1, 0.15) is 18.1 Å². The van der Waals surface area contributed by atoms with Crippen LogP contribution in [-0.4, -0.2) is 12.6 Å². The number of ether oxygens (including phenoxy) is 1. The highest BCUT2D eigenvalue weighted by molar-refractivity contribution is 5.95. The quantitative estimate of drug-likeness (QED) is 0.441. The lowest BCUT2D eigenvalue weighted by atomic mass is 10.1. The van der Waals surface area contributed by atoms with Gasteiger partial charge in [0.15, 0.2) is 0 Å². The van der Waals surface area contributed by atoms with Gasteiger partial charge in [-0.15, -0.1) is 0 Å². The molecular formula is C13H13NO2. The number of hydrogen-bond acceptors (Lipinski definition) is 2. The Kier molecular flexibility index (Phi) is 4.28. The van der Waals surface area contributed by atoms with Crippen molar-refractivity contribution in [2.45, 2.75) is 13.8 Å². The molecule has 0 aromatic heterocycles. The van der Waals surface area contributed by atoms with E-state index in [1.165, 1.54) is 0 Å². The minimum atomic E-state index is -0.569. The highest BCUT2D eigenvalue weighted by atomic mass is 16.5. The fourth-order valence-corrected chi connectivity index (χ4v) is 1.24. The fourth-order valence-electron chi connectivity index (χ4n) is 1.24. The van der Waals surface area contributed by atoms with E-state index in [9.17, 15) is 4.79 Å². The zero-order valence-corrected chi connectivity index (χ0v) is 9.36. The van der Waals surface area contributed by atoms with Gasteiger partial charge in [-0.25, -0.2) is 4.85 Å². The molecule has 82 valence electrons. The number of carbonyl (C=O) groups is 1. The number of nitrogens with zero attached hydrogens (tertiary/aromatic N) is 1. The first kappa shape index (κ1) is 12.0. The third kappa shape index (κ3) is 2.96. The Hall–Kier alpha value is -2.08. The van der Waals surface area contributed by atoms with Gasteiger partial charge < -0.3 is 4.74 Å². The van der Waals surface area contributed by atoms with Gasteiger partial charge in [0.05, 0.1) is 13.2 Å². The number of rotatable bonds is 3. The van der Waals surface area contributed by atoms with Gasteiger partial charge in [0.25, 0.3) is 5.70 Å². The molecule has 0 amide bonds. The Bertz CT molecular complexity index is 455. The molecule has 0 spiro atoms. The van der Waals surface area contributed by atoms with E-state index < -0.39 is 5.97 Å². The van der Waals surface area contributed by atoms with Crippen LogP contribution in [0.4, 0.5) is 0 Å². The van der Waals surface area contributed by atoms with E-state index in [-0.39, 0.29) is 12.3 Å². The molecule has 1 aromatic rings. The Morgan fingerprint density at radius 3 is 2.75 bits per heavy atom. The van der Waals surface area contributed by atoms with Crippen molar-refractivity contribution in [2.75, 3.05) is 6.61 Å². The fraction of sp³-hybridized carbons (Fsp3) is 0.231. The van der Waals surface area contributed by atoms with Gasteiger partial charge in [-0.2, -0.15) is 0 Å². The molecular weight excluding hydrogens is 202 g/mol. The van der Waals surface area contributed by atoms with Crippen molar-refractivity contribution in [3.63, 3.8) is 0 Å². The van der Waals surface area contributed by atoms with E-state index in [4.69, 9.17) is 11.3 Å². The molecule has 1 rings (SSSR count). The average molecular weight is 215 g/mol. The van der Waals surface area contributed by atoms with Crippen LogP contribution in [0.5, 0.6) is 0 Å². The molecule has 0 unspecified atom stereocenters. The molecule has 3 nitrogen and oxygen atoms in total. The normalized spacial score (nSPS) is 10.7. The van der Waals surface area contributed by atoms with Crippen molar-refractivity contribution < 1.29 is 9.53 Å². The van der Waals surface area contributed by atoms with Crippen LogP contribution in [0.15, 0.2) is 30.0 Å². The molecule has 0 N–H and O–H groups in total. The van der Waals surface area contributed by atoms with Crippen molar-refractivity contribution in [1.29, 1.82) is 0 Å². The van der Waals surface area contributed by atoms with Crippen molar-refractivity contribution in [3.05, 3.63) is 52.5 Å². The molecule has 0 saturated carbocycles. The van der Waals surface area contributed by atoms with Gasteiger partial charge in [-0.1, -0.05) is 24.3 Å². The van der Waals surface area contributed by atoms with E-state index >= 15 is 0 Å². The summed E-state index contributed by atoms with van der Waals surface area (Å²) >= 11 is 0. The zero-order chi connectivity index (χ0) is 12.0. The van der Waals surface area contributed by atoms with Gasteiger partial charge in [0.1, 0.15) is 0 Å². The Balaban J connectivity index is 3.02. The second-order valence-electron chi connectivity index (χ2n) is 3.22. The lowest BCUT2D eigenvalue weighted by Crippen LogP contribution is -2.04. The summed E-state index contributed by atoms with van der Waals surface area (Å²) in [5.41, 5.74) is 1.89. The summed E-state index contributed by atoms with van der Waals surface area (Å²) in [6, 6.07) is 7.57. The molecule has 0 aliphatic carbocycles. The number of hydrogen-bond donors (Lipinski definition) is 0. The molecule has 0 fully saturated rings. The lowest BCUT2D eigenvalue weighted by molar-refractivity contribution is -0.138. The maximum absolute atomic E-state index is 11.4. The van der Waals surface area contributed by atoms with E-state index in [0.717, 1.165) is 11.1 Å². The van der Waals surface area contributed by atoms with Crippen LogP contribution in [0.2, 0.25) is 0 Å². The van der Waals surface area contributed by atoms with Gasteiger partial charge in [0.2, 0.25) is 0 Å². The lowest BCUT2D eigenvalue weighted by Gasteiger charge is -2.02. The van der Waals surface area contributed by atoms with Crippen LogP contribution in [0.3, 0.4) is 0 Å². The summed E-state index contributed by atoms with van der Waals surface area (Å²) in [6.07, 6.45) is 1.56. The molecule has 0 heterocycles. The molecule has 0 bridgehead atoms. The summed E-state index contributed by atoms with van der Waals surface area (Å²) in [7, 11) is 0. The molecule has 0 saturated heterocycles. The van der Waals surface area contributed by atoms with Crippen LogP contribution in [-0.2, 0) is 9.53 Å². The van der Waals surface area contributed by atoms with Gasteiger partial charge in [-0.05, 0) is 31.1 Å². The summed E-state index contributed by atoms with van der Waals surface area (Å²) in [5.74, 6) is -0.569. The standard InChI is InChI=1S/C13H13NO2/c1-4-16-13(15)12(14-3)9-11-8-6-5-7-10(11)2/h5-9H,4H2,1-2H3/b12-9-. The highest BCUT2D eigenvalue weighted by Gasteiger charge is 2.10. The Morgan fingerprint density at radius 2 is 2.19 bits per heavy atom. The molecule has 1 aromatic carbocycles. The number of aryl methyl sites for hydroxylation is 1. The van der Waals surface area contributed by atoms with E-state index in [0.29, 0.717) is 0 Å². The molecule has 0 atom stereocenters. The van der Waals surface area contributed by atoms with Gasteiger partial charge >= 0.3 is 5.97 Å². The van der Waals surface area contributed by atoms with Gasteiger partial charge in [-0.3, -0.25) is 4.79 Å². The van der Waals surface area contributed by atoms with Crippen molar-refractivity contribution in [1.82, 2.24) is 0 Å². The van der Waals surface area contributed by atoms with Crippen molar-refractivity contribution in [3.8, 4) is 0 Å². The van der Waals surface area contributed by atoms with Crippen molar-refractivity contribution in [2.24, 2.45) is 0 Å². The first-order valence-corrected chi connectivity index (χ1v) is 5.01. The summed E-state index contributed by atoms with van der Waals surface area (Å²) in [6.45, 7) is 10.9.